The number of sulfone groups is 1. The number of thioether (sulfide) groups is 1. The Hall–Kier alpha value is -2.53. The number of nitrogens with one attached hydrogen (secondary N) is 1. The number of carbonyl (C=O) groups is 3. The van der Waals surface area contributed by atoms with Crippen molar-refractivity contribution in [1.82, 2.24) is 10.2 Å². The third kappa shape index (κ3) is 6.23. The van der Waals surface area contributed by atoms with Crippen molar-refractivity contribution in [2.24, 2.45) is 0 Å². The van der Waals surface area contributed by atoms with Crippen LogP contribution in [0.3, 0.4) is 0 Å². The van der Waals surface area contributed by atoms with Gasteiger partial charge in [0.05, 0.1) is 10.7 Å². The number of imide groups is 1. The highest BCUT2D eigenvalue weighted by Gasteiger charge is 2.34. The Morgan fingerprint density at radius 1 is 1.23 bits per heavy atom. The van der Waals surface area contributed by atoms with Crippen LogP contribution < -0.4 is 14.8 Å². The number of fused-ring (bicyclic) bond motifs is 1. The standard InChI is InChI=1S/C20H24N2O7S2/c1-2-3-4-9-31(26,27)12-18(23)21-7-8-22-19(24)17(30-20(22)25)11-14-5-6-15-16(10-14)29-13-28-15/h5-6,10-11H,2-4,7-9,12-13H2,1H3,(H,21,23)/b17-11+. The van der Waals surface area contributed by atoms with E-state index in [4.69, 9.17) is 9.47 Å². The van der Waals surface area contributed by atoms with Crippen molar-refractivity contribution in [3.63, 3.8) is 0 Å². The van der Waals surface area contributed by atoms with Crippen LogP contribution in [0, 0.1) is 0 Å². The van der Waals surface area contributed by atoms with Gasteiger partial charge in [-0.05, 0) is 42.0 Å². The molecule has 9 nitrogen and oxygen atoms in total. The molecule has 3 amide bonds. The SMILES string of the molecule is CCCCCS(=O)(=O)CC(=O)NCCN1C(=O)S/C(=C/c2ccc3c(c2)OCO3)C1=O. The number of ether oxygens (including phenoxy) is 2. The summed E-state index contributed by atoms with van der Waals surface area (Å²) < 4.78 is 34.4. The van der Waals surface area contributed by atoms with E-state index in [0.29, 0.717) is 23.5 Å². The summed E-state index contributed by atoms with van der Waals surface area (Å²) in [6.45, 7) is 2.05. The van der Waals surface area contributed by atoms with Gasteiger partial charge in [0, 0.05) is 13.1 Å². The van der Waals surface area contributed by atoms with Crippen molar-refractivity contribution in [3.8, 4) is 11.5 Å². The fourth-order valence-electron chi connectivity index (χ4n) is 3.05. The molecule has 1 N–H and O–H groups in total. The number of hydrogen-bond acceptors (Lipinski definition) is 8. The lowest BCUT2D eigenvalue weighted by atomic mass is 10.2. The maximum atomic E-state index is 12.6. The van der Waals surface area contributed by atoms with Crippen LogP contribution in [0.1, 0.15) is 31.7 Å². The van der Waals surface area contributed by atoms with Crippen LogP contribution in [-0.2, 0) is 19.4 Å². The summed E-state index contributed by atoms with van der Waals surface area (Å²) in [5, 5.41) is 2.02. The largest absolute Gasteiger partial charge is 0.454 e. The average molecular weight is 469 g/mol. The first kappa shape index (κ1) is 23.1. The van der Waals surface area contributed by atoms with Crippen molar-refractivity contribution in [2.45, 2.75) is 26.2 Å². The lowest BCUT2D eigenvalue weighted by molar-refractivity contribution is -0.123. The Morgan fingerprint density at radius 2 is 2.00 bits per heavy atom. The van der Waals surface area contributed by atoms with Gasteiger partial charge in [-0.2, -0.15) is 0 Å². The van der Waals surface area contributed by atoms with Crippen LogP contribution >= 0.6 is 11.8 Å². The Kier molecular flexibility index (Phi) is 7.60. The van der Waals surface area contributed by atoms with Crippen molar-refractivity contribution < 1.29 is 32.3 Å². The minimum absolute atomic E-state index is 0.0152. The molecular weight excluding hydrogens is 444 g/mol. The zero-order chi connectivity index (χ0) is 22.4. The first-order chi connectivity index (χ1) is 14.8. The van der Waals surface area contributed by atoms with Gasteiger partial charge in [0.25, 0.3) is 11.1 Å². The van der Waals surface area contributed by atoms with Crippen molar-refractivity contribution in [2.75, 3.05) is 31.4 Å². The molecule has 0 radical (unpaired) electrons. The van der Waals surface area contributed by atoms with E-state index in [1.165, 1.54) is 0 Å². The van der Waals surface area contributed by atoms with Crippen molar-refractivity contribution >= 4 is 44.7 Å². The van der Waals surface area contributed by atoms with Crippen LogP contribution in [0.15, 0.2) is 23.1 Å². The predicted octanol–water partition coefficient (Wildman–Crippen LogP) is 2.17. The van der Waals surface area contributed by atoms with Crippen LogP contribution in [0.4, 0.5) is 4.79 Å². The number of carbonyl (C=O) groups excluding carboxylic acids is 3. The highest BCUT2D eigenvalue weighted by molar-refractivity contribution is 8.18. The Labute approximate surface area is 185 Å². The van der Waals surface area contributed by atoms with Crippen LogP contribution in [0.25, 0.3) is 6.08 Å². The normalized spacial score (nSPS) is 16.9. The minimum atomic E-state index is -3.46. The fraction of sp³-hybridized carbons (Fsp3) is 0.450. The van der Waals surface area contributed by atoms with E-state index in [0.717, 1.165) is 29.5 Å². The van der Waals surface area contributed by atoms with Gasteiger partial charge in [0.15, 0.2) is 21.3 Å². The fourth-order valence-corrected chi connectivity index (χ4v) is 5.20. The van der Waals surface area contributed by atoms with Gasteiger partial charge in [-0.15, -0.1) is 0 Å². The third-order valence-corrected chi connectivity index (χ3v) is 7.16. The van der Waals surface area contributed by atoms with Crippen LogP contribution in [0.5, 0.6) is 11.5 Å². The van der Waals surface area contributed by atoms with E-state index < -0.39 is 32.6 Å². The van der Waals surface area contributed by atoms with E-state index >= 15 is 0 Å². The molecule has 0 saturated carbocycles. The van der Waals surface area contributed by atoms with Gasteiger partial charge >= 0.3 is 0 Å². The minimum Gasteiger partial charge on any atom is -0.454 e. The molecule has 0 unspecified atom stereocenters. The Bertz CT molecular complexity index is 1000. The molecule has 1 saturated heterocycles. The summed E-state index contributed by atoms with van der Waals surface area (Å²) in [6, 6.07) is 5.20. The average Bonchev–Trinajstić information content (AvgIpc) is 3.27. The topological polar surface area (TPSA) is 119 Å². The Morgan fingerprint density at radius 3 is 2.77 bits per heavy atom. The first-order valence-corrected chi connectivity index (χ1v) is 12.5. The second-order valence-electron chi connectivity index (χ2n) is 7.10. The summed E-state index contributed by atoms with van der Waals surface area (Å²) in [5.74, 6) is -0.535. The van der Waals surface area contributed by atoms with Crippen LogP contribution in [0.2, 0.25) is 0 Å². The number of hydrogen-bond donors (Lipinski definition) is 1. The molecule has 0 aliphatic carbocycles. The lowest BCUT2D eigenvalue weighted by Gasteiger charge is -2.13. The summed E-state index contributed by atoms with van der Waals surface area (Å²) in [6.07, 6.45) is 3.80. The highest BCUT2D eigenvalue weighted by atomic mass is 32.2. The van der Waals surface area contributed by atoms with E-state index in [-0.39, 0.29) is 30.5 Å². The monoisotopic (exact) mass is 468 g/mol. The molecule has 0 aromatic heterocycles. The molecule has 1 fully saturated rings. The number of rotatable bonds is 10. The van der Waals surface area contributed by atoms with Gasteiger partial charge in [0.2, 0.25) is 12.7 Å². The van der Waals surface area contributed by atoms with Gasteiger partial charge in [0.1, 0.15) is 5.75 Å². The molecule has 2 aliphatic heterocycles. The molecule has 0 atom stereocenters. The number of benzene rings is 1. The molecule has 3 rings (SSSR count). The van der Waals surface area contributed by atoms with Crippen molar-refractivity contribution in [3.05, 3.63) is 28.7 Å². The highest BCUT2D eigenvalue weighted by Crippen LogP contribution is 2.36. The molecule has 0 spiro atoms. The number of unbranched alkanes of at least 4 members (excludes halogenated alkanes) is 2. The Balaban J connectivity index is 1.50. The van der Waals surface area contributed by atoms with Crippen LogP contribution in [-0.4, -0.2) is 61.8 Å². The number of nitrogens with zero attached hydrogens (tertiary/aromatic N) is 1. The molecule has 1 aromatic rings. The molecule has 1 aromatic carbocycles. The quantitative estimate of drug-likeness (QED) is 0.410. The molecule has 2 heterocycles. The smallest absolute Gasteiger partial charge is 0.293 e. The zero-order valence-electron chi connectivity index (χ0n) is 17.1. The second kappa shape index (κ2) is 10.2. The molecule has 2 aliphatic rings. The van der Waals surface area contributed by atoms with Gasteiger partial charge < -0.3 is 14.8 Å². The maximum absolute atomic E-state index is 12.6. The van der Waals surface area contributed by atoms with E-state index in [9.17, 15) is 22.8 Å². The van der Waals surface area contributed by atoms with Crippen molar-refractivity contribution in [1.29, 1.82) is 0 Å². The molecular formula is C20H24N2O7S2. The van der Waals surface area contributed by atoms with Gasteiger partial charge in [-0.3, -0.25) is 19.3 Å². The molecule has 168 valence electrons. The summed E-state index contributed by atoms with van der Waals surface area (Å²) in [5.41, 5.74) is 0.691. The third-order valence-electron chi connectivity index (χ3n) is 4.64. The molecule has 31 heavy (non-hydrogen) atoms. The summed E-state index contributed by atoms with van der Waals surface area (Å²) >= 11 is 0.808. The summed E-state index contributed by atoms with van der Waals surface area (Å²) in [7, 11) is -3.46. The van der Waals surface area contributed by atoms with E-state index in [1.54, 1.807) is 24.3 Å². The number of amides is 3. The summed E-state index contributed by atoms with van der Waals surface area (Å²) in [4.78, 5) is 37.9. The molecule has 11 heteroatoms. The lowest BCUT2D eigenvalue weighted by Crippen LogP contribution is -2.39. The van der Waals surface area contributed by atoms with Gasteiger partial charge in [-0.1, -0.05) is 25.8 Å². The second-order valence-corrected chi connectivity index (χ2v) is 10.3. The van der Waals surface area contributed by atoms with E-state index in [2.05, 4.69) is 5.32 Å². The first-order valence-electron chi connectivity index (χ1n) is 9.91. The zero-order valence-corrected chi connectivity index (χ0v) is 18.7. The maximum Gasteiger partial charge on any atom is 0.293 e. The molecule has 0 bridgehead atoms. The van der Waals surface area contributed by atoms with Gasteiger partial charge in [-0.25, -0.2) is 8.42 Å². The predicted molar refractivity (Wildman–Crippen MR) is 116 cm³/mol. The van der Waals surface area contributed by atoms with E-state index in [1.807, 2.05) is 6.92 Å².